The number of carbonyl (C=O) groups excluding carboxylic acids is 2. The first kappa shape index (κ1) is 15.4. The first-order valence-corrected chi connectivity index (χ1v) is 6.72. The van der Waals surface area contributed by atoms with Crippen LogP contribution in [-0.2, 0) is 19.2 Å². The topological polar surface area (TPSA) is 64.6 Å². The molecule has 0 spiro atoms. The van der Waals surface area contributed by atoms with Crippen LogP contribution in [0.2, 0.25) is 0 Å². The van der Waals surface area contributed by atoms with Crippen molar-refractivity contribution in [3.05, 3.63) is 23.1 Å². The first-order chi connectivity index (χ1) is 9.13. The fourth-order valence-electron chi connectivity index (χ4n) is 1.80. The highest BCUT2D eigenvalue weighted by molar-refractivity contribution is 6.24. The Labute approximate surface area is 113 Å². The maximum absolute atomic E-state index is 12.0. The number of allylic oxidation sites excluding steroid dienone is 3. The van der Waals surface area contributed by atoms with E-state index >= 15 is 0 Å². The van der Waals surface area contributed by atoms with Crippen LogP contribution in [0.4, 0.5) is 0 Å². The number of cyclic esters (lactones) is 1. The molecular formula is C14H21NO4. The van der Waals surface area contributed by atoms with Gasteiger partial charge >= 0.3 is 5.97 Å². The van der Waals surface area contributed by atoms with Crippen molar-refractivity contribution >= 4 is 11.8 Å². The number of hydrogen-bond acceptors (Lipinski definition) is 5. The van der Waals surface area contributed by atoms with Crippen molar-refractivity contribution in [1.82, 2.24) is 5.48 Å². The van der Waals surface area contributed by atoms with Gasteiger partial charge in [0.1, 0.15) is 11.3 Å². The van der Waals surface area contributed by atoms with E-state index in [9.17, 15) is 9.59 Å². The second-order valence-corrected chi connectivity index (χ2v) is 4.25. The first-order valence-electron chi connectivity index (χ1n) is 6.72. The number of rotatable bonds is 7. The van der Waals surface area contributed by atoms with Crippen LogP contribution >= 0.6 is 0 Å². The molecule has 0 atom stereocenters. The summed E-state index contributed by atoms with van der Waals surface area (Å²) in [7, 11) is 0. The summed E-state index contributed by atoms with van der Waals surface area (Å²) in [6, 6.07) is 0. The summed E-state index contributed by atoms with van der Waals surface area (Å²) in [5.41, 5.74) is 3.22. The van der Waals surface area contributed by atoms with Crippen molar-refractivity contribution in [2.45, 2.75) is 46.5 Å². The Balaban J connectivity index is 3.01. The van der Waals surface area contributed by atoms with Crippen molar-refractivity contribution in [3.63, 3.8) is 0 Å². The molecule has 5 heteroatoms. The molecule has 1 heterocycles. The molecule has 0 fully saturated rings. The summed E-state index contributed by atoms with van der Waals surface area (Å²) in [4.78, 5) is 29.1. The van der Waals surface area contributed by atoms with E-state index < -0.39 is 5.97 Å². The van der Waals surface area contributed by atoms with Gasteiger partial charge in [-0.05, 0) is 19.8 Å². The van der Waals surface area contributed by atoms with E-state index in [-0.39, 0.29) is 11.4 Å². The average Bonchev–Trinajstić information content (AvgIpc) is 2.35. The molecule has 0 aromatic carbocycles. The Morgan fingerprint density at radius 3 is 2.53 bits per heavy atom. The van der Waals surface area contributed by atoms with Crippen LogP contribution in [0, 0.1) is 0 Å². The average molecular weight is 267 g/mol. The summed E-state index contributed by atoms with van der Waals surface area (Å²) < 4.78 is 5.16. The highest BCUT2D eigenvalue weighted by Gasteiger charge is 2.29. The van der Waals surface area contributed by atoms with Crippen molar-refractivity contribution in [1.29, 1.82) is 0 Å². The van der Waals surface area contributed by atoms with E-state index in [2.05, 4.69) is 5.48 Å². The van der Waals surface area contributed by atoms with E-state index in [1.807, 2.05) is 20.8 Å². The van der Waals surface area contributed by atoms with Gasteiger partial charge in [-0.25, -0.2) is 4.79 Å². The Hall–Kier alpha value is -1.62. The molecule has 0 aromatic rings. The van der Waals surface area contributed by atoms with Gasteiger partial charge in [-0.1, -0.05) is 20.3 Å². The number of hydrogen-bond donors (Lipinski definition) is 1. The van der Waals surface area contributed by atoms with Crippen LogP contribution in [0.1, 0.15) is 46.5 Å². The predicted octanol–water partition coefficient (Wildman–Crippen LogP) is 2.39. The monoisotopic (exact) mass is 267 g/mol. The van der Waals surface area contributed by atoms with Gasteiger partial charge in [0.05, 0.1) is 12.3 Å². The highest BCUT2D eigenvalue weighted by Crippen LogP contribution is 2.21. The molecule has 0 amide bonds. The Morgan fingerprint density at radius 1 is 1.26 bits per heavy atom. The Morgan fingerprint density at radius 2 is 2.00 bits per heavy atom. The molecule has 0 radical (unpaired) electrons. The summed E-state index contributed by atoms with van der Waals surface area (Å²) >= 11 is 0. The van der Waals surface area contributed by atoms with E-state index in [4.69, 9.17) is 9.57 Å². The normalized spacial score (nSPS) is 17.9. The number of ketones is 1. The fraction of sp³-hybridized carbons (Fsp3) is 0.571. The number of ether oxygens (including phenoxy) is 1. The van der Waals surface area contributed by atoms with Crippen molar-refractivity contribution < 1.29 is 19.2 Å². The predicted molar refractivity (Wildman–Crippen MR) is 70.8 cm³/mol. The van der Waals surface area contributed by atoms with Crippen molar-refractivity contribution in [3.8, 4) is 0 Å². The molecule has 0 aliphatic carbocycles. The van der Waals surface area contributed by atoms with Gasteiger partial charge in [0.2, 0.25) is 0 Å². The third-order valence-corrected chi connectivity index (χ3v) is 2.60. The second-order valence-electron chi connectivity index (χ2n) is 4.25. The van der Waals surface area contributed by atoms with E-state index in [0.29, 0.717) is 30.9 Å². The highest BCUT2D eigenvalue weighted by atomic mass is 16.6. The maximum atomic E-state index is 12.0. The molecule has 106 valence electrons. The summed E-state index contributed by atoms with van der Waals surface area (Å²) in [6.45, 7) is 6.19. The van der Waals surface area contributed by atoms with Crippen LogP contribution < -0.4 is 5.48 Å². The lowest BCUT2D eigenvalue weighted by Gasteiger charge is -2.18. The Bertz CT molecular complexity index is 410. The second kappa shape index (κ2) is 7.74. The zero-order valence-corrected chi connectivity index (χ0v) is 11.7. The van der Waals surface area contributed by atoms with Crippen LogP contribution in [0.5, 0.6) is 0 Å². The lowest BCUT2D eigenvalue weighted by molar-refractivity contribution is -0.138. The standard InChI is InChI=1S/C14H21NO4/c1-4-7-10-9-12(16)13(14(17)19-10)11(8-5-2)15-18-6-3/h9,15H,4-8H2,1-3H3. The van der Waals surface area contributed by atoms with Gasteiger partial charge in [0.25, 0.3) is 0 Å². The van der Waals surface area contributed by atoms with Crippen LogP contribution in [0.3, 0.4) is 0 Å². The van der Waals surface area contributed by atoms with Crippen molar-refractivity contribution in [2.75, 3.05) is 6.61 Å². The molecular weight excluding hydrogens is 246 g/mol. The number of esters is 1. The molecule has 1 aliphatic rings. The Kier molecular flexibility index (Phi) is 6.29. The number of nitrogens with one attached hydrogen (secondary N) is 1. The SMILES string of the molecule is CCCC1=CC(=O)C(=C(CCC)NOCC)C(=O)O1. The number of carbonyl (C=O) groups is 2. The van der Waals surface area contributed by atoms with Gasteiger partial charge in [-0.2, -0.15) is 0 Å². The molecule has 0 unspecified atom stereocenters. The van der Waals surface area contributed by atoms with Gasteiger partial charge in [-0.15, -0.1) is 0 Å². The van der Waals surface area contributed by atoms with E-state index in [0.717, 1.165) is 12.8 Å². The zero-order chi connectivity index (χ0) is 14.3. The third kappa shape index (κ3) is 4.21. The van der Waals surface area contributed by atoms with Crippen LogP contribution in [0.15, 0.2) is 23.1 Å². The minimum absolute atomic E-state index is 0.0511. The van der Waals surface area contributed by atoms with Gasteiger partial charge in [0, 0.05) is 12.5 Å². The van der Waals surface area contributed by atoms with Gasteiger partial charge in [0.15, 0.2) is 5.78 Å². The van der Waals surface area contributed by atoms with Gasteiger partial charge < -0.3 is 4.74 Å². The molecule has 0 bridgehead atoms. The quantitative estimate of drug-likeness (QED) is 0.332. The molecule has 0 aromatic heterocycles. The minimum atomic E-state index is -0.591. The summed E-state index contributed by atoms with van der Waals surface area (Å²) in [5.74, 6) is -0.463. The molecule has 0 saturated carbocycles. The van der Waals surface area contributed by atoms with E-state index in [1.54, 1.807) is 0 Å². The lowest BCUT2D eigenvalue weighted by atomic mass is 10.0. The number of hydroxylamine groups is 1. The summed E-state index contributed by atoms with van der Waals surface area (Å²) in [5, 5.41) is 0. The molecule has 1 N–H and O–H groups in total. The van der Waals surface area contributed by atoms with Gasteiger partial charge in [-0.3, -0.25) is 15.1 Å². The minimum Gasteiger partial charge on any atom is -0.427 e. The third-order valence-electron chi connectivity index (χ3n) is 2.60. The largest absolute Gasteiger partial charge is 0.427 e. The van der Waals surface area contributed by atoms with E-state index in [1.165, 1.54) is 6.08 Å². The van der Waals surface area contributed by atoms with Crippen molar-refractivity contribution in [2.24, 2.45) is 0 Å². The van der Waals surface area contributed by atoms with Crippen LogP contribution in [0.25, 0.3) is 0 Å². The summed E-state index contributed by atoms with van der Waals surface area (Å²) in [6.07, 6.45) is 4.17. The molecule has 1 aliphatic heterocycles. The smallest absolute Gasteiger partial charge is 0.349 e. The van der Waals surface area contributed by atoms with Crippen LogP contribution in [-0.4, -0.2) is 18.4 Å². The molecule has 0 saturated heterocycles. The maximum Gasteiger partial charge on any atom is 0.349 e. The zero-order valence-electron chi connectivity index (χ0n) is 11.7. The molecule has 1 rings (SSSR count). The molecule has 5 nitrogen and oxygen atoms in total. The molecule has 19 heavy (non-hydrogen) atoms. The lowest BCUT2D eigenvalue weighted by Crippen LogP contribution is -2.27. The fourth-order valence-corrected chi connectivity index (χ4v) is 1.80.